The molecule has 0 saturated carbocycles. The number of methoxy groups -OCH3 is 1. The van der Waals surface area contributed by atoms with Crippen molar-refractivity contribution < 1.29 is 28.6 Å². The molecule has 180 valence electrons. The van der Waals surface area contributed by atoms with Gasteiger partial charge in [0.2, 0.25) is 0 Å². The summed E-state index contributed by atoms with van der Waals surface area (Å²) < 4.78 is 17.7. The van der Waals surface area contributed by atoms with Crippen LogP contribution in [-0.4, -0.2) is 54.2 Å². The van der Waals surface area contributed by atoms with Gasteiger partial charge in [-0.1, -0.05) is 0 Å². The third-order valence-electron chi connectivity index (χ3n) is 5.81. The zero-order valence-corrected chi connectivity index (χ0v) is 20.5. The predicted octanol–water partition coefficient (Wildman–Crippen LogP) is 4.71. The first-order valence-electron chi connectivity index (χ1n) is 10.8. The molecule has 2 N–H and O–H groups in total. The van der Waals surface area contributed by atoms with Crippen LogP contribution in [0.2, 0.25) is 0 Å². The van der Waals surface area contributed by atoms with Gasteiger partial charge in [0.05, 0.1) is 26.8 Å². The number of benzene rings is 1. The van der Waals surface area contributed by atoms with E-state index in [1.807, 2.05) is 6.07 Å². The molecule has 0 radical (unpaired) electrons. The standard InChI is InChI=1S/C24H21N3O6S2/c1-12-20(23(29)33-24(25)30)15-4-3-13(9-18(15)34-12)32-17-5-7-26-16-10-19(35-21(16)17)22(28)27-8-6-14(11-27)31-2/h3-5,7,9-10,14H,6,8,11H2,1-2H3,(H2,25,30). The molecule has 1 unspecified atom stereocenters. The summed E-state index contributed by atoms with van der Waals surface area (Å²) in [6.07, 6.45) is 1.39. The van der Waals surface area contributed by atoms with Gasteiger partial charge in [-0.15, -0.1) is 22.7 Å². The van der Waals surface area contributed by atoms with Gasteiger partial charge in [0.1, 0.15) is 11.5 Å². The Hall–Kier alpha value is -3.54. The highest BCUT2D eigenvalue weighted by atomic mass is 32.1. The van der Waals surface area contributed by atoms with Gasteiger partial charge in [0, 0.05) is 47.4 Å². The van der Waals surface area contributed by atoms with Crippen molar-refractivity contribution in [1.82, 2.24) is 9.88 Å². The van der Waals surface area contributed by atoms with Crippen LogP contribution in [0.15, 0.2) is 36.5 Å². The van der Waals surface area contributed by atoms with Crippen molar-refractivity contribution in [3.63, 3.8) is 0 Å². The van der Waals surface area contributed by atoms with E-state index < -0.39 is 12.1 Å². The van der Waals surface area contributed by atoms with E-state index in [4.69, 9.17) is 15.2 Å². The van der Waals surface area contributed by atoms with Crippen LogP contribution in [0.3, 0.4) is 0 Å². The Morgan fingerprint density at radius 3 is 2.74 bits per heavy atom. The van der Waals surface area contributed by atoms with E-state index >= 15 is 0 Å². The number of carbonyl (C=O) groups is 3. The Balaban J connectivity index is 1.42. The lowest BCUT2D eigenvalue weighted by atomic mass is 10.1. The van der Waals surface area contributed by atoms with Gasteiger partial charge < -0.3 is 24.8 Å². The van der Waals surface area contributed by atoms with Crippen molar-refractivity contribution in [1.29, 1.82) is 0 Å². The molecule has 0 spiro atoms. The van der Waals surface area contributed by atoms with Crippen molar-refractivity contribution in [3.05, 3.63) is 51.8 Å². The highest BCUT2D eigenvalue weighted by molar-refractivity contribution is 7.21. The Morgan fingerprint density at radius 1 is 1.17 bits per heavy atom. The molecule has 1 aliphatic rings. The molecule has 1 aliphatic heterocycles. The molecule has 5 rings (SSSR count). The molecule has 0 bridgehead atoms. The number of aromatic nitrogens is 1. The zero-order chi connectivity index (χ0) is 24.7. The third kappa shape index (κ3) is 4.45. The Labute approximate surface area is 208 Å². The quantitative estimate of drug-likeness (QED) is 0.304. The number of pyridine rings is 1. The summed E-state index contributed by atoms with van der Waals surface area (Å²) in [7, 11) is 1.66. The lowest BCUT2D eigenvalue weighted by Gasteiger charge is -2.14. The second-order valence-corrected chi connectivity index (χ2v) is 10.3. The summed E-state index contributed by atoms with van der Waals surface area (Å²) in [5.74, 6) is 0.321. The Morgan fingerprint density at radius 2 is 2.00 bits per heavy atom. The molecule has 4 heterocycles. The van der Waals surface area contributed by atoms with Crippen molar-refractivity contribution >= 4 is 60.9 Å². The predicted molar refractivity (Wildman–Crippen MR) is 133 cm³/mol. The average Bonchev–Trinajstić information content (AvgIpc) is 3.54. The van der Waals surface area contributed by atoms with Gasteiger partial charge in [-0.25, -0.2) is 9.59 Å². The fraction of sp³-hybridized carbons (Fsp3) is 0.250. The van der Waals surface area contributed by atoms with E-state index in [0.717, 1.165) is 15.8 Å². The minimum absolute atomic E-state index is 0.0376. The van der Waals surface area contributed by atoms with Crippen molar-refractivity contribution in [3.8, 4) is 11.5 Å². The number of aryl methyl sites for hydroxylation is 1. The van der Waals surface area contributed by atoms with E-state index in [-0.39, 0.29) is 12.0 Å². The SMILES string of the molecule is COC1CCN(C(=O)c2cc3nccc(Oc4ccc5c(C(=O)OC(N)=O)c(C)sc5c4)c3s2)C1. The minimum Gasteiger partial charge on any atom is -0.456 e. The van der Waals surface area contributed by atoms with Crippen molar-refractivity contribution in [2.75, 3.05) is 20.2 Å². The van der Waals surface area contributed by atoms with E-state index in [1.165, 1.54) is 22.7 Å². The largest absolute Gasteiger partial charge is 0.456 e. The highest BCUT2D eigenvalue weighted by Gasteiger charge is 2.28. The molecule has 1 fully saturated rings. The number of thiophene rings is 2. The van der Waals surface area contributed by atoms with Crippen LogP contribution in [0.4, 0.5) is 4.79 Å². The monoisotopic (exact) mass is 511 g/mol. The maximum atomic E-state index is 13.0. The first-order chi connectivity index (χ1) is 16.8. The summed E-state index contributed by atoms with van der Waals surface area (Å²) in [5.41, 5.74) is 5.97. The molecule has 1 aromatic carbocycles. The number of amides is 2. The van der Waals surface area contributed by atoms with Gasteiger partial charge in [-0.3, -0.25) is 9.78 Å². The van der Waals surface area contributed by atoms with Gasteiger partial charge in [-0.05, 0) is 37.6 Å². The summed E-state index contributed by atoms with van der Waals surface area (Å²) >= 11 is 2.73. The lowest BCUT2D eigenvalue weighted by molar-refractivity contribution is 0.0639. The molecule has 11 heteroatoms. The third-order valence-corrected chi connectivity index (χ3v) is 8.01. The topological polar surface area (TPSA) is 121 Å². The maximum Gasteiger partial charge on any atom is 0.412 e. The molecule has 0 aliphatic carbocycles. The first-order valence-corrected chi connectivity index (χ1v) is 12.4. The van der Waals surface area contributed by atoms with Crippen LogP contribution in [0.25, 0.3) is 20.3 Å². The molecule has 9 nitrogen and oxygen atoms in total. The molecular weight excluding hydrogens is 490 g/mol. The fourth-order valence-corrected chi connectivity index (χ4v) is 6.26. The number of carbonyl (C=O) groups excluding carboxylic acids is 3. The second-order valence-electron chi connectivity index (χ2n) is 8.03. The number of fused-ring (bicyclic) bond motifs is 2. The summed E-state index contributed by atoms with van der Waals surface area (Å²) in [6, 6.07) is 8.83. The number of nitrogens with zero attached hydrogens (tertiary/aromatic N) is 2. The number of hydrogen-bond acceptors (Lipinski definition) is 9. The summed E-state index contributed by atoms with van der Waals surface area (Å²) in [6.45, 7) is 3.02. The molecular formula is C24H21N3O6S2. The number of primary amides is 1. The van der Waals surface area contributed by atoms with Gasteiger partial charge in [0.15, 0.2) is 0 Å². The average molecular weight is 512 g/mol. The van der Waals surface area contributed by atoms with Crippen LogP contribution in [0.1, 0.15) is 31.3 Å². The van der Waals surface area contributed by atoms with Gasteiger partial charge >= 0.3 is 12.1 Å². The van der Waals surface area contributed by atoms with Crippen molar-refractivity contribution in [2.24, 2.45) is 5.73 Å². The van der Waals surface area contributed by atoms with E-state index in [2.05, 4.69) is 9.72 Å². The van der Waals surface area contributed by atoms with Crippen LogP contribution in [-0.2, 0) is 9.47 Å². The smallest absolute Gasteiger partial charge is 0.412 e. The number of hydrogen-bond donors (Lipinski definition) is 1. The van der Waals surface area contributed by atoms with E-state index in [1.54, 1.807) is 49.4 Å². The van der Waals surface area contributed by atoms with Gasteiger partial charge in [-0.2, -0.15) is 0 Å². The minimum atomic E-state index is -1.15. The molecule has 1 saturated heterocycles. The fourth-order valence-electron chi connectivity index (χ4n) is 4.15. The molecule has 2 amide bonds. The van der Waals surface area contributed by atoms with Crippen LogP contribution in [0, 0.1) is 6.92 Å². The first kappa shape index (κ1) is 23.2. The van der Waals surface area contributed by atoms with E-state index in [0.29, 0.717) is 50.8 Å². The molecule has 1 atom stereocenters. The van der Waals surface area contributed by atoms with Crippen LogP contribution >= 0.6 is 22.7 Å². The summed E-state index contributed by atoms with van der Waals surface area (Å²) in [5, 5.41) is 0.648. The number of likely N-dealkylation sites (tertiary alicyclic amines) is 1. The Kier molecular flexibility index (Phi) is 6.13. The summed E-state index contributed by atoms with van der Waals surface area (Å²) in [4.78, 5) is 43.8. The maximum absolute atomic E-state index is 13.0. The number of ether oxygens (including phenoxy) is 3. The lowest BCUT2D eigenvalue weighted by Crippen LogP contribution is -2.29. The van der Waals surface area contributed by atoms with Crippen LogP contribution < -0.4 is 10.5 Å². The van der Waals surface area contributed by atoms with Crippen LogP contribution in [0.5, 0.6) is 11.5 Å². The van der Waals surface area contributed by atoms with E-state index in [9.17, 15) is 14.4 Å². The number of nitrogens with two attached hydrogens (primary N) is 1. The highest BCUT2D eigenvalue weighted by Crippen LogP contribution is 2.38. The van der Waals surface area contributed by atoms with Crippen molar-refractivity contribution in [2.45, 2.75) is 19.4 Å². The molecule has 3 aromatic heterocycles. The van der Waals surface area contributed by atoms with Gasteiger partial charge in [0.25, 0.3) is 5.91 Å². The zero-order valence-electron chi connectivity index (χ0n) is 18.9. The second kappa shape index (κ2) is 9.25. The number of rotatable bonds is 5. The molecule has 35 heavy (non-hydrogen) atoms. The number of esters is 1. The Bertz CT molecular complexity index is 1480. The molecule has 4 aromatic rings. The normalized spacial score (nSPS) is 15.6.